The Morgan fingerprint density at radius 3 is 2.20 bits per heavy atom. The molecule has 0 spiro atoms. The van der Waals surface area contributed by atoms with Gasteiger partial charge in [-0.15, -0.1) is 25.6 Å². The van der Waals surface area contributed by atoms with Gasteiger partial charge >= 0.3 is 12.3 Å². The van der Waals surface area contributed by atoms with E-state index in [-0.39, 0.29) is 30.7 Å². The number of carbonyl (C=O) groups is 1. The van der Waals surface area contributed by atoms with Gasteiger partial charge in [-0.1, -0.05) is 12.1 Å². The number of rotatable bonds is 7. The molecule has 0 amide bonds. The molecule has 30 heavy (non-hydrogen) atoms. The molecule has 0 saturated carbocycles. The lowest BCUT2D eigenvalue weighted by Gasteiger charge is -2.32. The zero-order valence-electron chi connectivity index (χ0n) is 15.8. The number of ether oxygens (including phenoxy) is 3. The minimum absolute atomic E-state index is 0. The number of alkyl halides is 3. The second-order valence-corrected chi connectivity index (χ2v) is 6.49. The highest BCUT2D eigenvalue weighted by Crippen LogP contribution is 2.29. The number of benzene rings is 2. The Morgan fingerprint density at radius 2 is 1.63 bits per heavy atom. The van der Waals surface area contributed by atoms with Gasteiger partial charge in [0, 0.05) is 19.6 Å². The number of morpholine rings is 1. The predicted octanol–water partition coefficient (Wildman–Crippen LogP) is 4.65. The first-order valence-electron chi connectivity index (χ1n) is 8.98. The van der Waals surface area contributed by atoms with E-state index in [1.54, 1.807) is 12.1 Å². The van der Waals surface area contributed by atoms with Crippen molar-refractivity contribution >= 4 is 18.4 Å². The van der Waals surface area contributed by atoms with Crippen LogP contribution >= 0.6 is 12.4 Å². The van der Waals surface area contributed by atoms with Crippen LogP contribution in [0.5, 0.6) is 17.2 Å². The van der Waals surface area contributed by atoms with Gasteiger partial charge in [0.2, 0.25) is 0 Å². The molecule has 164 valence electrons. The molecule has 1 N–H and O–H groups in total. The molecule has 1 saturated heterocycles. The van der Waals surface area contributed by atoms with E-state index in [0.717, 1.165) is 5.56 Å². The van der Waals surface area contributed by atoms with Crippen LogP contribution in [0.2, 0.25) is 0 Å². The van der Waals surface area contributed by atoms with Gasteiger partial charge in [-0.3, -0.25) is 9.69 Å². The van der Waals surface area contributed by atoms with E-state index >= 15 is 0 Å². The Hall–Kier alpha value is -2.49. The molecule has 2 aromatic rings. The smallest absolute Gasteiger partial charge is 0.481 e. The highest BCUT2D eigenvalue weighted by atomic mass is 35.5. The predicted molar refractivity (Wildman–Crippen MR) is 104 cm³/mol. The van der Waals surface area contributed by atoms with Crippen molar-refractivity contribution < 1.29 is 37.3 Å². The summed E-state index contributed by atoms with van der Waals surface area (Å²) in [4.78, 5) is 12.8. The minimum atomic E-state index is -4.73. The first-order valence-corrected chi connectivity index (χ1v) is 8.98. The Bertz CT molecular complexity index is 815. The average Bonchev–Trinajstić information content (AvgIpc) is 2.68. The molecule has 0 bridgehead atoms. The molecule has 1 aliphatic rings. The Labute approximate surface area is 177 Å². The Morgan fingerprint density at radius 1 is 1.07 bits per heavy atom. The molecule has 1 aliphatic heterocycles. The van der Waals surface area contributed by atoms with Crippen LogP contribution in [0.25, 0.3) is 0 Å². The van der Waals surface area contributed by atoms with Gasteiger partial charge in [0.05, 0.1) is 19.1 Å². The molecule has 1 heterocycles. The van der Waals surface area contributed by atoms with E-state index in [1.807, 2.05) is 12.1 Å². The number of carboxylic acids is 1. The SMILES string of the molecule is Cl.O=C(O)CCN1CCOC(c2ccc(Oc3ccc(OC(F)(F)F)cc3)cc2)C1. The molecule has 6 nitrogen and oxygen atoms in total. The van der Waals surface area contributed by atoms with Crippen LogP contribution in [0, 0.1) is 0 Å². The summed E-state index contributed by atoms with van der Waals surface area (Å²) in [5.41, 5.74) is 0.936. The summed E-state index contributed by atoms with van der Waals surface area (Å²) in [5.74, 6) is -0.243. The molecule has 3 rings (SSSR count). The number of nitrogens with zero attached hydrogens (tertiary/aromatic N) is 1. The monoisotopic (exact) mass is 447 g/mol. The lowest BCUT2D eigenvalue weighted by molar-refractivity contribution is -0.274. The fourth-order valence-electron chi connectivity index (χ4n) is 2.96. The Kier molecular flexibility index (Phi) is 8.33. The maximum atomic E-state index is 12.2. The summed E-state index contributed by atoms with van der Waals surface area (Å²) < 4.78 is 51.8. The third-order valence-corrected chi connectivity index (χ3v) is 4.34. The summed E-state index contributed by atoms with van der Waals surface area (Å²) in [6.07, 6.45) is -4.81. The summed E-state index contributed by atoms with van der Waals surface area (Å²) in [7, 11) is 0. The number of halogens is 4. The molecule has 0 aliphatic carbocycles. The van der Waals surface area contributed by atoms with Crippen LogP contribution in [-0.2, 0) is 9.53 Å². The topological polar surface area (TPSA) is 68.2 Å². The van der Waals surface area contributed by atoms with Crippen LogP contribution in [0.3, 0.4) is 0 Å². The molecule has 10 heteroatoms. The molecule has 0 aromatic heterocycles. The van der Waals surface area contributed by atoms with Crippen LogP contribution in [0.4, 0.5) is 13.2 Å². The van der Waals surface area contributed by atoms with Crippen molar-refractivity contribution in [2.24, 2.45) is 0 Å². The molecular weight excluding hydrogens is 427 g/mol. The second-order valence-electron chi connectivity index (χ2n) is 6.49. The fraction of sp³-hybridized carbons (Fsp3) is 0.350. The first-order chi connectivity index (χ1) is 13.8. The molecule has 1 atom stereocenters. The maximum Gasteiger partial charge on any atom is 0.573 e. The van der Waals surface area contributed by atoms with E-state index < -0.39 is 12.3 Å². The van der Waals surface area contributed by atoms with Crippen molar-refractivity contribution in [3.63, 3.8) is 0 Å². The van der Waals surface area contributed by atoms with Crippen molar-refractivity contribution in [2.75, 3.05) is 26.2 Å². The van der Waals surface area contributed by atoms with Gasteiger partial charge < -0.3 is 19.3 Å². The first kappa shape index (κ1) is 23.8. The van der Waals surface area contributed by atoms with Crippen molar-refractivity contribution in [1.82, 2.24) is 4.90 Å². The van der Waals surface area contributed by atoms with E-state index in [0.29, 0.717) is 37.7 Å². The molecular formula is C20H21ClF3NO5. The highest BCUT2D eigenvalue weighted by molar-refractivity contribution is 5.85. The van der Waals surface area contributed by atoms with Crippen LogP contribution in [-0.4, -0.2) is 48.6 Å². The lowest BCUT2D eigenvalue weighted by atomic mass is 10.1. The molecule has 0 radical (unpaired) electrons. The van der Waals surface area contributed by atoms with Gasteiger partial charge in [0.15, 0.2) is 0 Å². The van der Waals surface area contributed by atoms with E-state index in [1.165, 1.54) is 24.3 Å². The molecule has 1 fully saturated rings. The van der Waals surface area contributed by atoms with E-state index in [2.05, 4.69) is 9.64 Å². The zero-order valence-corrected chi connectivity index (χ0v) is 16.6. The molecule has 2 aromatic carbocycles. The minimum Gasteiger partial charge on any atom is -0.481 e. The number of aliphatic carboxylic acids is 1. The van der Waals surface area contributed by atoms with Crippen LogP contribution in [0.1, 0.15) is 18.1 Å². The van der Waals surface area contributed by atoms with Crippen molar-refractivity contribution in [1.29, 1.82) is 0 Å². The second kappa shape index (κ2) is 10.5. The van der Waals surface area contributed by atoms with Crippen molar-refractivity contribution in [2.45, 2.75) is 18.9 Å². The Balaban J connectivity index is 0.00000320. The van der Waals surface area contributed by atoms with Crippen LogP contribution in [0.15, 0.2) is 48.5 Å². The fourth-order valence-corrected chi connectivity index (χ4v) is 2.96. The summed E-state index contributed by atoms with van der Waals surface area (Å²) in [6, 6.07) is 12.3. The van der Waals surface area contributed by atoms with Crippen molar-refractivity contribution in [3.05, 3.63) is 54.1 Å². The summed E-state index contributed by atoms with van der Waals surface area (Å²) in [5, 5.41) is 8.81. The largest absolute Gasteiger partial charge is 0.573 e. The molecule has 1 unspecified atom stereocenters. The van der Waals surface area contributed by atoms with Gasteiger partial charge in [0.25, 0.3) is 0 Å². The lowest BCUT2D eigenvalue weighted by Crippen LogP contribution is -2.39. The van der Waals surface area contributed by atoms with Crippen molar-refractivity contribution in [3.8, 4) is 17.2 Å². The average molecular weight is 448 g/mol. The maximum absolute atomic E-state index is 12.2. The summed E-state index contributed by atoms with van der Waals surface area (Å²) >= 11 is 0. The zero-order chi connectivity index (χ0) is 20.9. The third-order valence-electron chi connectivity index (χ3n) is 4.34. The van der Waals surface area contributed by atoms with Gasteiger partial charge in [-0.05, 0) is 42.0 Å². The standard InChI is InChI=1S/C20H20F3NO5.ClH/c21-20(22,23)29-17-7-5-16(6-8-17)28-15-3-1-14(2-4-15)18-13-24(11-12-27-18)10-9-19(25)26;/h1-8,18H,9-13H2,(H,25,26);1H. The number of hydrogen-bond donors (Lipinski definition) is 1. The van der Waals surface area contributed by atoms with Crippen LogP contribution < -0.4 is 9.47 Å². The van der Waals surface area contributed by atoms with Gasteiger partial charge in [-0.25, -0.2) is 0 Å². The highest BCUT2D eigenvalue weighted by Gasteiger charge is 2.31. The summed E-state index contributed by atoms with van der Waals surface area (Å²) in [6.45, 7) is 2.30. The van der Waals surface area contributed by atoms with E-state index in [4.69, 9.17) is 14.6 Å². The third kappa shape index (κ3) is 7.40. The van der Waals surface area contributed by atoms with Gasteiger partial charge in [-0.2, -0.15) is 0 Å². The van der Waals surface area contributed by atoms with E-state index in [9.17, 15) is 18.0 Å². The quantitative estimate of drug-likeness (QED) is 0.666. The number of hydrogen-bond acceptors (Lipinski definition) is 5. The number of carboxylic acid groups (broad SMARTS) is 1. The van der Waals surface area contributed by atoms with Gasteiger partial charge in [0.1, 0.15) is 17.2 Å². The normalized spacial score (nSPS) is 17.1.